The number of hydrogen-bond acceptors (Lipinski definition) is 5. The van der Waals surface area contributed by atoms with Crippen LogP contribution in [0.4, 0.5) is 11.4 Å². The molecule has 2 N–H and O–H groups in total. The number of aliphatic hydroxyl groups is 1. The molecule has 33 heavy (non-hydrogen) atoms. The number of aliphatic hydroxyl groups excluding tert-OH is 1. The first-order valence-corrected chi connectivity index (χ1v) is 11.7. The highest BCUT2D eigenvalue weighted by Crippen LogP contribution is 2.32. The summed E-state index contributed by atoms with van der Waals surface area (Å²) in [6.07, 6.45) is 3.87. The number of rotatable bonds is 8. The molecule has 1 amide bonds. The van der Waals surface area contributed by atoms with Gasteiger partial charge in [-0.25, -0.2) is 4.98 Å². The summed E-state index contributed by atoms with van der Waals surface area (Å²) in [6, 6.07) is 17.9. The van der Waals surface area contributed by atoms with Crippen molar-refractivity contribution in [2.75, 3.05) is 31.1 Å². The van der Waals surface area contributed by atoms with Gasteiger partial charge in [0.2, 0.25) is 0 Å². The minimum Gasteiger partial charge on any atom is -0.390 e. The minimum atomic E-state index is -0.522. The van der Waals surface area contributed by atoms with Crippen molar-refractivity contribution >= 4 is 17.3 Å². The second kappa shape index (κ2) is 10.6. The zero-order valence-electron chi connectivity index (χ0n) is 19.4. The Balaban J connectivity index is 1.56. The van der Waals surface area contributed by atoms with Crippen molar-refractivity contribution in [2.45, 2.75) is 39.0 Å². The first-order valence-electron chi connectivity index (χ1n) is 11.7. The van der Waals surface area contributed by atoms with E-state index in [0.29, 0.717) is 31.7 Å². The highest BCUT2D eigenvalue weighted by molar-refractivity contribution is 5.94. The Morgan fingerprint density at radius 1 is 1.09 bits per heavy atom. The Morgan fingerprint density at radius 3 is 2.39 bits per heavy atom. The Hall–Kier alpha value is -3.16. The lowest BCUT2D eigenvalue weighted by Crippen LogP contribution is -2.52. The Labute approximate surface area is 195 Å². The zero-order valence-corrected chi connectivity index (χ0v) is 19.4. The zero-order chi connectivity index (χ0) is 23.2. The molecule has 0 bridgehead atoms. The summed E-state index contributed by atoms with van der Waals surface area (Å²) < 4.78 is 0. The van der Waals surface area contributed by atoms with E-state index in [4.69, 9.17) is 0 Å². The van der Waals surface area contributed by atoms with Gasteiger partial charge < -0.3 is 19.9 Å². The Kier molecular flexibility index (Phi) is 7.42. The molecule has 7 nitrogen and oxygen atoms in total. The lowest BCUT2D eigenvalue weighted by molar-refractivity contribution is 0.0489. The number of β-amino-alcohol motifs (C(OH)–C–C–N with tert-alkyl or cyclic N) is 1. The number of amides is 1. The second-order valence-corrected chi connectivity index (χ2v) is 8.42. The number of imidazole rings is 1. The van der Waals surface area contributed by atoms with Crippen LogP contribution in [0.1, 0.15) is 36.5 Å². The van der Waals surface area contributed by atoms with Crippen molar-refractivity contribution in [1.29, 1.82) is 0 Å². The van der Waals surface area contributed by atoms with E-state index < -0.39 is 6.10 Å². The van der Waals surface area contributed by atoms with Crippen molar-refractivity contribution in [3.05, 3.63) is 78.4 Å². The number of likely N-dealkylation sites (tertiary alicyclic amines) is 1. The molecule has 2 atom stereocenters. The molecule has 2 aromatic carbocycles. The molecule has 1 saturated heterocycles. The van der Waals surface area contributed by atoms with E-state index in [1.807, 2.05) is 67.4 Å². The molecule has 1 aliphatic heterocycles. The van der Waals surface area contributed by atoms with Crippen molar-refractivity contribution in [3.8, 4) is 0 Å². The number of hydrogen-bond donors (Lipinski definition) is 2. The van der Waals surface area contributed by atoms with Crippen LogP contribution in [0, 0.1) is 0 Å². The van der Waals surface area contributed by atoms with E-state index in [-0.39, 0.29) is 11.9 Å². The van der Waals surface area contributed by atoms with Crippen LogP contribution < -0.4 is 4.90 Å². The predicted octanol–water partition coefficient (Wildman–Crippen LogP) is 3.67. The van der Waals surface area contributed by atoms with Crippen molar-refractivity contribution in [3.63, 3.8) is 0 Å². The largest absolute Gasteiger partial charge is 0.390 e. The van der Waals surface area contributed by atoms with E-state index in [2.05, 4.69) is 31.9 Å². The van der Waals surface area contributed by atoms with Crippen LogP contribution >= 0.6 is 0 Å². The number of nitrogens with zero attached hydrogens (tertiary/aromatic N) is 4. The number of aromatic amines is 1. The van der Waals surface area contributed by atoms with Gasteiger partial charge in [-0.1, -0.05) is 18.2 Å². The molecule has 4 rings (SSSR count). The van der Waals surface area contributed by atoms with Crippen LogP contribution in [0.2, 0.25) is 0 Å². The van der Waals surface area contributed by atoms with E-state index in [0.717, 1.165) is 30.2 Å². The molecule has 0 saturated carbocycles. The maximum atomic E-state index is 12.7. The van der Waals surface area contributed by atoms with Gasteiger partial charge in [-0.05, 0) is 56.7 Å². The molecule has 1 fully saturated rings. The summed E-state index contributed by atoms with van der Waals surface area (Å²) in [4.78, 5) is 26.5. The van der Waals surface area contributed by atoms with E-state index >= 15 is 0 Å². The van der Waals surface area contributed by atoms with E-state index in [9.17, 15) is 9.90 Å². The summed E-state index contributed by atoms with van der Waals surface area (Å²) in [5, 5.41) is 11.2. The van der Waals surface area contributed by atoms with Crippen LogP contribution in [-0.2, 0) is 6.54 Å². The van der Waals surface area contributed by atoms with Crippen molar-refractivity contribution in [1.82, 2.24) is 19.8 Å². The highest BCUT2D eigenvalue weighted by Gasteiger charge is 2.33. The molecule has 2 heterocycles. The van der Waals surface area contributed by atoms with Crippen LogP contribution in [-0.4, -0.2) is 69.1 Å². The average Bonchev–Trinajstić information content (AvgIpc) is 3.35. The SMILES string of the molecule is CCN(CC)C(=O)c1ccc(N(c2ccccc2)C2CCN(Cc3ncc[nH]3)CC2O)cc1. The number of anilines is 2. The van der Waals surface area contributed by atoms with Crippen LogP contribution in [0.15, 0.2) is 67.0 Å². The number of nitrogens with one attached hydrogen (secondary N) is 1. The summed E-state index contributed by atoms with van der Waals surface area (Å²) in [6.45, 7) is 7.51. The monoisotopic (exact) mass is 447 g/mol. The third-order valence-corrected chi connectivity index (χ3v) is 6.37. The Morgan fingerprint density at radius 2 is 1.79 bits per heavy atom. The van der Waals surface area contributed by atoms with Gasteiger partial charge in [-0.15, -0.1) is 0 Å². The number of benzene rings is 2. The van der Waals surface area contributed by atoms with Gasteiger partial charge in [0.25, 0.3) is 5.91 Å². The highest BCUT2D eigenvalue weighted by atomic mass is 16.3. The van der Waals surface area contributed by atoms with Crippen LogP contribution in [0.25, 0.3) is 0 Å². The third kappa shape index (κ3) is 5.26. The minimum absolute atomic E-state index is 0.0454. The van der Waals surface area contributed by atoms with Gasteiger partial charge in [-0.3, -0.25) is 9.69 Å². The first kappa shape index (κ1) is 23.0. The van der Waals surface area contributed by atoms with Gasteiger partial charge in [0, 0.05) is 55.5 Å². The molecule has 0 aliphatic carbocycles. The number of para-hydroxylation sites is 1. The topological polar surface area (TPSA) is 75.7 Å². The summed E-state index contributed by atoms with van der Waals surface area (Å²) >= 11 is 0. The summed E-state index contributed by atoms with van der Waals surface area (Å²) in [5.74, 6) is 0.957. The van der Waals surface area contributed by atoms with Gasteiger partial charge in [0.1, 0.15) is 5.82 Å². The third-order valence-electron chi connectivity index (χ3n) is 6.37. The van der Waals surface area contributed by atoms with Gasteiger partial charge >= 0.3 is 0 Å². The normalized spacial score (nSPS) is 18.8. The molecule has 2 unspecified atom stereocenters. The fourth-order valence-corrected chi connectivity index (χ4v) is 4.60. The second-order valence-electron chi connectivity index (χ2n) is 8.42. The Bertz CT molecular complexity index is 1000. The number of carbonyl (C=O) groups is 1. The number of aromatic nitrogens is 2. The molecule has 1 aromatic heterocycles. The lowest BCUT2D eigenvalue weighted by Gasteiger charge is -2.42. The van der Waals surface area contributed by atoms with Gasteiger partial charge in [0.15, 0.2) is 0 Å². The van der Waals surface area contributed by atoms with E-state index in [1.165, 1.54) is 0 Å². The number of H-pyrrole nitrogens is 1. The molecule has 174 valence electrons. The molecule has 7 heteroatoms. The van der Waals surface area contributed by atoms with Crippen molar-refractivity contribution in [2.24, 2.45) is 0 Å². The summed E-state index contributed by atoms with van der Waals surface area (Å²) in [5.41, 5.74) is 2.69. The average molecular weight is 448 g/mol. The fourth-order valence-electron chi connectivity index (χ4n) is 4.60. The number of carbonyl (C=O) groups excluding carboxylic acids is 1. The quantitative estimate of drug-likeness (QED) is 0.551. The summed E-state index contributed by atoms with van der Waals surface area (Å²) in [7, 11) is 0. The molecule has 0 radical (unpaired) electrons. The smallest absolute Gasteiger partial charge is 0.253 e. The standard InChI is InChI=1S/C26H33N5O2/c1-3-30(4-2)26(33)20-10-12-22(13-11-20)31(21-8-6-5-7-9-21)23-14-17-29(18-24(23)32)19-25-27-15-16-28-25/h5-13,15-16,23-24,32H,3-4,14,17-19H2,1-2H3,(H,27,28). The van der Waals surface area contributed by atoms with Crippen LogP contribution in [0.5, 0.6) is 0 Å². The van der Waals surface area contributed by atoms with Crippen LogP contribution in [0.3, 0.4) is 0 Å². The van der Waals surface area contributed by atoms with Gasteiger partial charge in [0.05, 0.1) is 18.7 Å². The maximum Gasteiger partial charge on any atom is 0.253 e. The fraction of sp³-hybridized carbons (Fsp3) is 0.385. The number of piperidine rings is 1. The molecule has 0 spiro atoms. The maximum absolute atomic E-state index is 12.7. The van der Waals surface area contributed by atoms with E-state index in [1.54, 1.807) is 6.20 Å². The molecular weight excluding hydrogens is 414 g/mol. The lowest BCUT2D eigenvalue weighted by atomic mass is 9.98. The molecular formula is C26H33N5O2. The first-order chi connectivity index (χ1) is 16.1. The van der Waals surface area contributed by atoms with Crippen molar-refractivity contribution < 1.29 is 9.90 Å². The van der Waals surface area contributed by atoms with Gasteiger partial charge in [-0.2, -0.15) is 0 Å². The molecule has 3 aromatic rings. The molecule has 1 aliphatic rings. The predicted molar refractivity (Wildman–Crippen MR) is 131 cm³/mol.